The summed E-state index contributed by atoms with van der Waals surface area (Å²) in [6.45, 7) is 1.73. The summed E-state index contributed by atoms with van der Waals surface area (Å²) in [5.74, 6) is 0.0835. The maximum Gasteiger partial charge on any atom is 0.270 e. The van der Waals surface area contributed by atoms with E-state index in [2.05, 4.69) is 10.3 Å². The summed E-state index contributed by atoms with van der Waals surface area (Å²) >= 11 is 7.12. The zero-order chi connectivity index (χ0) is 20.0. The summed E-state index contributed by atoms with van der Waals surface area (Å²) in [4.78, 5) is 16.4. The summed E-state index contributed by atoms with van der Waals surface area (Å²) in [7, 11) is -3.41. The smallest absolute Gasteiger partial charge is 0.270 e. The first-order chi connectivity index (χ1) is 13.4. The molecule has 1 N–H and O–H groups in total. The lowest BCUT2D eigenvalue weighted by atomic mass is 10.3. The van der Waals surface area contributed by atoms with Crippen LogP contribution in [0.1, 0.15) is 15.5 Å². The number of nitrogens with one attached hydrogen (secondary N) is 1. The molecule has 2 heterocycles. The predicted molar refractivity (Wildman–Crippen MR) is 106 cm³/mol. The fourth-order valence-corrected chi connectivity index (χ4v) is 4.63. The third kappa shape index (κ3) is 5.89. The summed E-state index contributed by atoms with van der Waals surface area (Å²) in [6.07, 6.45) is 0. The summed E-state index contributed by atoms with van der Waals surface area (Å²) in [5, 5.41) is 5.48. The second-order valence-corrected chi connectivity index (χ2v) is 9.42. The fourth-order valence-electron chi connectivity index (χ4n) is 2.50. The second-order valence-electron chi connectivity index (χ2n) is 5.95. The molecule has 1 amide bonds. The lowest BCUT2D eigenvalue weighted by Gasteiger charge is -2.25. The number of hydrogen-bond acceptors (Lipinski definition) is 7. The molecule has 0 bridgehead atoms. The van der Waals surface area contributed by atoms with Gasteiger partial charge in [-0.1, -0.05) is 11.6 Å². The molecule has 2 aromatic rings. The Bertz CT molecular complexity index is 896. The molecule has 1 saturated heterocycles. The van der Waals surface area contributed by atoms with E-state index in [0.29, 0.717) is 42.1 Å². The number of benzene rings is 1. The van der Waals surface area contributed by atoms with Gasteiger partial charge in [-0.3, -0.25) is 4.79 Å². The number of rotatable bonds is 8. The van der Waals surface area contributed by atoms with Crippen molar-refractivity contribution in [1.29, 1.82) is 0 Å². The van der Waals surface area contributed by atoms with E-state index in [-0.39, 0.29) is 24.6 Å². The van der Waals surface area contributed by atoms with Gasteiger partial charge in [-0.05, 0) is 24.3 Å². The lowest BCUT2D eigenvalue weighted by molar-refractivity contribution is 0.0730. The number of halogens is 1. The minimum absolute atomic E-state index is 0.0205. The van der Waals surface area contributed by atoms with Crippen molar-refractivity contribution in [3.05, 3.63) is 45.4 Å². The number of morpholine rings is 1. The molecule has 0 spiro atoms. The number of nitrogens with zero attached hydrogens (tertiary/aromatic N) is 2. The molecule has 3 rings (SSSR count). The highest BCUT2D eigenvalue weighted by Crippen LogP contribution is 2.18. The minimum atomic E-state index is -3.41. The first-order valence-electron chi connectivity index (χ1n) is 8.60. The van der Waals surface area contributed by atoms with Crippen molar-refractivity contribution in [3.63, 3.8) is 0 Å². The van der Waals surface area contributed by atoms with E-state index in [1.165, 1.54) is 15.6 Å². The Balaban J connectivity index is 1.45. The molecule has 28 heavy (non-hydrogen) atoms. The van der Waals surface area contributed by atoms with Gasteiger partial charge in [-0.2, -0.15) is 4.31 Å². The number of ether oxygens (including phenoxy) is 2. The fraction of sp³-hybridized carbons (Fsp3) is 0.412. The van der Waals surface area contributed by atoms with E-state index in [9.17, 15) is 13.2 Å². The molecule has 8 nitrogen and oxygen atoms in total. The predicted octanol–water partition coefficient (Wildman–Crippen LogP) is 1.77. The number of carbonyl (C=O) groups is 1. The quantitative estimate of drug-likeness (QED) is 0.665. The first kappa shape index (κ1) is 21.0. The van der Waals surface area contributed by atoms with Gasteiger partial charge in [0.25, 0.3) is 5.91 Å². The van der Waals surface area contributed by atoms with Crippen molar-refractivity contribution < 1.29 is 22.7 Å². The zero-order valence-electron chi connectivity index (χ0n) is 15.0. The SMILES string of the molecule is O=C(NCCS(=O)(=O)N1CCOCC1)c1csc(COc2ccc(Cl)cc2)n1. The molecule has 1 fully saturated rings. The highest BCUT2D eigenvalue weighted by molar-refractivity contribution is 7.89. The minimum Gasteiger partial charge on any atom is -0.486 e. The summed E-state index contributed by atoms with van der Waals surface area (Å²) in [5.41, 5.74) is 0.239. The third-order valence-electron chi connectivity index (χ3n) is 3.97. The van der Waals surface area contributed by atoms with Gasteiger partial charge in [0, 0.05) is 30.0 Å². The van der Waals surface area contributed by atoms with Crippen LogP contribution in [0.4, 0.5) is 0 Å². The number of hydrogen-bond donors (Lipinski definition) is 1. The standard InChI is InChI=1S/C17H20ClN3O5S2/c18-13-1-3-14(4-2-13)26-11-16-20-15(12-27-16)17(22)19-5-10-28(23,24)21-6-8-25-9-7-21/h1-4,12H,5-11H2,(H,19,22). The molecule has 0 unspecified atom stereocenters. The average Bonchev–Trinajstić information content (AvgIpc) is 3.17. The molecular weight excluding hydrogens is 426 g/mol. The number of thiazole rings is 1. The third-order valence-corrected chi connectivity index (χ3v) is 6.92. The monoisotopic (exact) mass is 445 g/mol. The van der Waals surface area contributed by atoms with Gasteiger partial charge < -0.3 is 14.8 Å². The molecule has 1 aliphatic heterocycles. The molecule has 0 atom stereocenters. The highest BCUT2D eigenvalue weighted by Gasteiger charge is 2.24. The van der Waals surface area contributed by atoms with Gasteiger partial charge in [0.05, 0.1) is 19.0 Å². The van der Waals surface area contributed by atoms with Crippen molar-refractivity contribution in [3.8, 4) is 5.75 Å². The molecule has 0 saturated carbocycles. The number of amides is 1. The lowest BCUT2D eigenvalue weighted by Crippen LogP contribution is -2.43. The van der Waals surface area contributed by atoms with Crippen molar-refractivity contribution in [1.82, 2.24) is 14.6 Å². The Morgan fingerprint density at radius 2 is 2.00 bits per heavy atom. The van der Waals surface area contributed by atoms with E-state index in [1.807, 2.05) is 0 Å². The van der Waals surface area contributed by atoms with Crippen LogP contribution in [0.25, 0.3) is 0 Å². The van der Waals surface area contributed by atoms with Crippen molar-refractivity contribution >= 4 is 38.9 Å². The van der Waals surface area contributed by atoms with Gasteiger partial charge in [-0.15, -0.1) is 11.3 Å². The Hall–Kier alpha value is -1.72. The van der Waals surface area contributed by atoms with Crippen LogP contribution in [0.15, 0.2) is 29.6 Å². The summed E-state index contributed by atoms with van der Waals surface area (Å²) < 4.78 is 36.6. The van der Waals surface area contributed by atoms with Crippen LogP contribution in [-0.4, -0.2) is 62.2 Å². The Labute approximate surface area is 172 Å². The average molecular weight is 446 g/mol. The van der Waals surface area contributed by atoms with Gasteiger partial charge >= 0.3 is 0 Å². The molecular formula is C17H20ClN3O5S2. The van der Waals surface area contributed by atoms with Crippen LogP contribution in [0.5, 0.6) is 5.75 Å². The zero-order valence-corrected chi connectivity index (χ0v) is 17.4. The molecule has 0 aliphatic carbocycles. The first-order valence-corrected chi connectivity index (χ1v) is 11.5. The molecule has 152 valence electrons. The Kier molecular flexibility index (Phi) is 7.24. The van der Waals surface area contributed by atoms with Crippen LogP contribution in [-0.2, 0) is 21.4 Å². The summed E-state index contributed by atoms with van der Waals surface area (Å²) in [6, 6.07) is 6.95. The van der Waals surface area contributed by atoms with Crippen LogP contribution >= 0.6 is 22.9 Å². The molecule has 11 heteroatoms. The van der Waals surface area contributed by atoms with Crippen LogP contribution in [0, 0.1) is 0 Å². The van der Waals surface area contributed by atoms with Gasteiger partial charge in [0.2, 0.25) is 10.0 Å². The Morgan fingerprint density at radius 3 is 2.71 bits per heavy atom. The number of sulfonamides is 1. The van der Waals surface area contributed by atoms with Gasteiger partial charge in [-0.25, -0.2) is 13.4 Å². The number of aromatic nitrogens is 1. The van der Waals surface area contributed by atoms with E-state index >= 15 is 0 Å². The number of carbonyl (C=O) groups excluding carboxylic acids is 1. The maximum atomic E-state index is 12.2. The highest BCUT2D eigenvalue weighted by atomic mass is 35.5. The largest absolute Gasteiger partial charge is 0.486 e. The van der Waals surface area contributed by atoms with Gasteiger partial charge in [0.1, 0.15) is 23.1 Å². The van der Waals surface area contributed by atoms with Crippen molar-refractivity contribution in [2.24, 2.45) is 0 Å². The van der Waals surface area contributed by atoms with Crippen LogP contribution in [0.2, 0.25) is 5.02 Å². The van der Waals surface area contributed by atoms with Crippen LogP contribution < -0.4 is 10.1 Å². The van der Waals surface area contributed by atoms with Crippen molar-refractivity contribution in [2.75, 3.05) is 38.6 Å². The normalized spacial score (nSPS) is 15.3. The molecule has 1 aromatic carbocycles. The molecule has 0 radical (unpaired) electrons. The molecule has 1 aromatic heterocycles. The second kappa shape index (κ2) is 9.66. The van der Waals surface area contributed by atoms with Crippen LogP contribution in [0.3, 0.4) is 0 Å². The van der Waals surface area contributed by atoms with E-state index < -0.39 is 15.9 Å². The van der Waals surface area contributed by atoms with E-state index in [1.54, 1.807) is 29.6 Å². The topological polar surface area (TPSA) is 97.8 Å². The van der Waals surface area contributed by atoms with E-state index in [0.717, 1.165) is 0 Å². The van der Waals surface area contributed by atoms with E-state index in [4.69, 9.17) is 21.1 Å². The van der Waals surface area contributed by atoms with Crippen molar-refractivity contribution in [2.45, 2.75) is 6.61 Å². The molecule has 1 aliphatic rings. The van der Waals surface area contributed by atoms with Gasteiger partial charge in [0.15, 0.2) is 0 Å². The Morgan fingerprint density at radius 1 is 1.29 bits per heavy atom. The maximum absolute atomic E-state index is 12.2.